The lowest BCUT2D eigenvalue weighted by Gasteiger charge is -2.33. The van der Waals surface area contributed by atoms with E-state index in [0.29, 0.717) is 6.04 Å². The fraction of sp³-hybridized carbons (Fsp3) is 0.286. The highest BCUT2D eigenvalue weighted by molar-refractivity contribution is 6.00. The van der Waals surface area contributed by atoms with Gasteiger partial charge in [0.25, 0.3) is 0 Å². The molecular formula is C21H24N4. The third-order valence-corrected chi connectivity index (χ3v) is 5.05. The predicted molar refractivity (Wildman–Crippen MR) is 105 cm³/mol. The van der Waals surface area contributed by atoms with Crippen LogP contribution in [0.3, 0.4) is 0 Å². The molecule has 1 saturated heterocycles. The van der Waals surface area contributed by atoms with Crippen LogP contribution in [0.25, 0.3) is 10.8 Å². The second-order valence-corrected chi connectivity index (χ2v) is 6.80. The molecule has 2 aromatic carbocycles. The molecule has 0 radical (unpaired) electrons. The van der Waals surface area contributed by atoms with Gasteiger partial charge in [-0.25, -0.2) is 0 Å². The number of pyridine rings is 1. The standard InChI is InChI=1S/C21H24N4/c22-20-6-7-21(18-8-11-23-14-19(18)20)24-17-9-12-25(13-10-17)15-16-4-2-1-3-5-16/h1-8,11,14,17,24H,9-10,12-13,15,22H2. The molecule has 4 nitrogen and oxygen atoms in total. The van der Waals surface area contributed by atoms with Gasteiger partial charge in [-0.3, -0.25) is 9.88 Å². The number of aromatic nitrogens is 1. The zero-order chi connectivity index (χ0) is 17.1. The predicted octanol–water partition coefficient (Wildman–Crippen LogP) is 3.89. The maximum Gasteiger partial charge on any atom is 0.0424 e. The minimum absolute atomic E-state index is 0.506. The minimum Gasteiger partial charge on any atom is -0.398 e. The van der Waals surface area contributed by atoms with Crippen molar-refractivity contribution in [1.82, 2.24) is 9.88 Å². The van der Waals surface area contributed by atoms with Crippen LogP contribution >= 0.6 is 0 Å². The number of nitrogens with one attached hydrogen (secondary N) is 1. The number of anilines is 2. The Kier molecular flexibility index (Phi) is 4.53. The van der Waals surface area contributed by atoms with Crippen LogP contribution in [-0.2, 0) is 6.54 Å². The summed E-state index contributed by atoms with van der Waals surface area (Å²) in [5.74, 6) is 0. The van der Waals surface area contributed by atoms with Crippen LogP contribution in [0.1, 0.15) is 18.4 Å². The number of hydrogen-bond donors (Lipinski definition) is 2. The molecule has 1 aliphatic rings. The topological polar surface area (TPSA) is 54.2 Å². The molecule has 25 heavy (non-hydrogen) atoms. The van der Waals surface area contributed by atoms with E-state index in [1.54, 1.807) is 0 Å². The SMILES string of the molecule is Nc1ccc(NC2CCN(Cc3ccccc3)CC2)c2ccncc12. The highest BCUT2D eigenvalue weighted by atomic mass is 15.1. The van der Waals surface area contributed by atoms with E-state index in [1.165, 1.54) is 5.56 Å². The van der Waals surface area contributed by atoms with E-state index in [-0.39, 0.29) is 0 Å². The van der Waals surface area contributed by atoms with Crippen molar-refractivity contribution in [1.29, 1.82) is 0 Å². The molecule has 0 amide bonds. The van der Waals surface area contributed by atoms with Gasteiger partial charge >= 0.3 is 0 Å². The molecule has 1 aromatic heterocycles. The van der Waals surface area contributed by atoms with Crippen LogP contribution in [0, 0.1) is 0 Å². The number of nitrogen functional groups attached to an aromatic ring is 1. The average molecular weight is 332 g/mol. The van der Waals surface area contributed by atoms with Crippen LogP contribution in [0.15, 0.2) is 60.9 Å². The molecule has 0 unspecified atom stereocenters. The van der Waals surface area contributed by atoms with Gasteiger partial charge in [-0.2, -0.15) is 0 Å². The van der Waals surface area contributed by atoms with Crippen molar-refractivity contribution in [3.05, 3.63) is 66.5 Å². The molecule has 1 aliphatic heterocycles. The fourth-order valence-electron chi connectivity index (χ4n) is 3.63. The summed E-state index contributed by atoms with van der Waals surface area (Å²) in [6, 6.07) is 17.3. The van der Waals surface area contributed by atoms with Crippen LogP contribution in [0.4, 0.5) is 11.4 Å². The van der Waals surface area contributed by atoms with Crippen molar-refractivity contribution in [3.63, 3.8) is 0 Å². The average Bonchev–Trinajstić information content (AvgIpc) is 2.67. The van der Waals surface area contributed by atoms with E-state index in [9.17, 15) is 0 Å². The summed E-state index contributed by atoms with van der Waals surface area (Å²) < 4.78 is 0. The number of rotatable bonds is 4. The third kappa shape index (κ3) is 3.59. The quantitative estimate of drug-likeness (QED) is 0.712. The summed E-state index contributed by atoms with van der Waals surface area (Å²) in [5.41, 5.74) is 9.41. The molecule has 0 atom stereocenters. The Morgan fingerprint density at radius 3 is 2.60 bits per heavy atom. The summed E-state index contributed by atoms with van der Waals surface area (Å²) >= 11 is 0. The van der Waals surface area contributed by atoms with Crippen molar-refractivity contribution < 1.29 is 0 Å². The maximum absolute atomic E-state index is 6.08. The number of hydrogen-bond acceptors (Lipinski definition) is 4. The van der Waals surface area contributed by atoms with E-state index in [4.69, 9.17) is 5.73 Å². The summed E-state index contributed by atoms with van der Waals surface area (Å²) in [6.45, 7) is 3.30. The first-order chi connectivity index (χ1) is 12.3. The Hall–Kier alpha value is -2.59. The van der Waals surface area contributed by atoms with E-state index < -0.39 is 0 Å². The Bertz CT molecular complexity index is 839. The summed E-state index contributed by atoms with van der Waals surface area (Å²) in [5, 5.41) is 5.90. The Morgan fingerprint density at radius 1 is 1.00 bits per heavy atom. The van der Waals surface area contributed by atoms with Gasteiger partial charge in [0.1, 0.15) is 0 Å². The molecular weight excluding hydrogens is 308 g/mol. The number of benzene rings is 2. The summed E-state index contributed by atoms with van der Waals surface area (Å²) in [4.78, 5) is 6.74. The molecule has 0 bridgehead atoms. The van der Waals surface area contributed by atoms with Gasteiger partial charge in [0.15, 0.2) is 0 Å². The van der Waals surface area contributed by atoms with E-state index in [2.05, 4.69) is 51.6 Å². The number of nitrogens with zero attached hydrogens (tertiary/aromatic N) is 2. The first-order valence-electron chi connectivity index (χ1n) is 8.94. The van der Waals surface area contributed by atoms with Crippen molar-refractivity contribution in [2.75, 3.05) is 24.1 Å². The van der Waals surface area contributed by atoms with Gasteiger partial charge in [-0.1, -0.05) is 30.3 Å². The van der Waals surface area contributed by atoms with Gasteiger partial charge in [0.2, 0.25) is 0 Å². The van der Waals surface area contributed by atoms with Crippen molar-refractivity contribution in [3.8, 4) is 0 Å². The Labute approximate surface area is 148 Å². The second-order valence-electron chi connectivity index (χ2n) is 6.80. The zero-order valence-electron chi connectivity index (χ0n) is 14.4. The fourth-order valence-corrected chi connectivity index (χ4v) is 3.63. The zero-order valence-corrected chi connectivity index (χ0v) is 14.4. The van der Waals surface area contributed by atoms with E-state index in [1.807, 2.05) is 24.5 Å². The number of nitrogens with two attached hydrogens (primary N) is 1. The lowest BCUT2D eigenvalue weighted by atomic mass is 10.0. The smallest absolute Gasteiger partial charge is 0.0424 e. The lowest BCUT2D eigenvalue weighted by Crippen LogP contribution is -2.38. The molecule has 4 rings (SSSR count). The number of likely N-dealkylation sites (tertiary alicyclic amines) is 1. The van der Waals surface area contributed by atoms with Crippen molar-refractivity contribution in [2.24, 2.45) is 0 Å². The van der Waals surface area contributed by atoms with Gasteiger partial charge in [0, 0.05) is 60.2 Å². The molecule has 0 aliphatic carbocycles. The minimum atomic E-state index is 0.506. The number of piperidine rings is 1. The van der Waals surface area contributed by atoms with E-state index >= 15 is 0 Å². The molecule has 2 heterocycles. The van der Waals surface area contributed by atoms with Gasteiger partial charge in [-0.15, -0.1) is 0 Å². The molecule has 0 spiro atoms. The molecule has 128 valence electrons. The largest absolute Gasteiger partial charge is 0.398 e. The molecule has 3 N–H and O–H groups in total. The number of fused-ring (bicyclic) bond motifs is 1. The Morgan fingerprint density at radius 2 is 1.80 bits per heavy atom. The highest BCUT2D eigenvalue weighted by Gasteiger charge is 2.19. The molecule has 0 saturated carbocycles. The van der Waals surface area contributed by atoms with Crippen LogP contribution in [-0.4, -0.2) is 29.0 Å². The maximum atomic E-state index is 6.08. The van der Waals surface area contributed by atoms with Gasteiger partial charge in [0.05, 0.1) is 0 Å². The van der Waals surface area contributed by atoms with Crippen molar-refractivity contribution in [2.45, 2.75) is 25.4 Å². The monoisotopic (exact) mass is 332 g/mol. The summed E-state index contributed by atoms with van der Waals surface area (Å²) in [6.07, 6.45) is 5.99. The van der Waals surface area contributed by atoms with Crippen LogP contribution in [0.2, 0.25) is 0 Å². The normalized spacial score (nSPS) is 16.2. The highest BCUT2D eigenvalue weighted by Crippen LogP contribution is 2.29. The molecule has 3 aromatic rings. The lowest BCUT2D eigenvalue weighted by molar-refractivity contribution is 0.211. The van der Waals surface area contributed by atoms with Gasteiger partial charge in [-0.05, 0) is 36.6 Å². The van der Waals surface area contributed by atoms with Gasteiger partial charge < -0.3 is 11.1 Å². The van der Waals surface area contributed by atoms with Crippen molar-refractivity contribution >= 4 is 22.1 Å². The summed E-state index contributed by atoms with van der Waals surface area (Å²) in [7, 11) is 0. The molecule has 1 fully saturated rings. The van der Waals surface area contributed by atoms with E-state index in [0.717, 1.165) is 54.6 Å². The molecule has 4 heteroatoms. The second kappa shape index (κ2) is 7.11. The first kappa shape index (κ1) is 15.9. The first-order valence-corrected chi connectivity index (χ1v) is 8.94. The van der Waals surface area contributed by atoms with Crippen LogP contribution < -0.4 is 11.1 Å². The third-order valence-electron chi connectivity index (χ3n) is 5.05. The Balaban J connectivity index is 1.40. The van der Waals surface area contributed by atoms with Crippen LogP contribution in [0.5, 0.6) is 0 Å².